The van der Waals surface area contributed by atoms with Crippen LogP contribution in [0.15, 0.2) is 50.2 Å². The van der Waals surface area contributed by atoms with Crippen LogP contribution in [0.5, 0.6) is 0 Å². The SMILES string of the molecule is COC(=O)c1cnc(Cl)c(Br)c1.COC(=O)c1cnc(N2CC3C(C2)C3(F)F)c(Br)c1.OCc1cnc(N2CC3C(C2)C3(F)F)c(Br)c1. The first-order valence-corrected chi connectivity index (χ1v) is 17.0. The first-order valence-electron chi connectivity index (χ1n) is 14.3. The molecule has 4 unspecified atom stereocenters. The van der Waals surface area contributed by atoms with Gasteiger partial charge in [-0.3, -0.25) is 0 Å². The number of fused-ring (bicyclic) bond motifs is 2. The fourth-order valence-corrected chi connectivity index (χ4v) is 7.39. The lowest BCUT2D eigenvalue weighted by Crippen LogP contribution is -2.28. The van der Waals surface area contributed by atoms with Crippen LogP contribution in [0, 0.1) is 23.7 Å². The molecule has 0 amide bonds. The zero-order chi connectivity index (χ0) is 35.1. The molecular formula is C30H27Br3ClF4N5O5. The maximum atomic E-state index is 13.1. The molecule has 4 atom stereocenters. The Hall–Kier alpha value is -2.60. The number of halogens is 8. The molecule has 1 N–H and O–H groups in total. The maximum absolute atomic E-state index is 13.1. The number of nitrogens with zero attached hydrogens (tertiary/aromatic N) is 5. The molecule has 4 aliphatic rings. The smallest absolute Gasteiger partial charge is 0.339 e. The third-order valence-corrected chi connectivity index (χ3v) is 10.8. The minimum Gasteiger partial charge on any atom is -0.465 e. The monoisotopic (exact) mass is 885 g/mol. The summed E-state index contributed by atoms with van der Waals surface area (Å²) in [4.78, 5) is 38.1. The highest BCUT2D eigenvalue weighted by Crippen LogP contribution is 2.60. The van der Waals surface area contributed by atoms with E-state index in [9.17, 15) is 27.2 Å². The summed E-state index contributed by atoms with van der Waals surface area (Å²) in [7, 11) is 2.60. The highest BCUT2D eigenvalue weighted by Gasteiger charge is 2.72. The molecule has 258 valence electrons. The molecule has 3 aromatic heterocycles. The van der Waals surface area contributed by atoms with Crippen molar-refractivity contribution >= 4 is 83.0 Å². The van der Waals surface area contributed by atoms with Crippen LogP contribution in [0.25, 0.3) is 0 Å². The van der Waals surface area contributed by atoms with Crippen LogP contribution in [-0.4, -0.2) is 84.2 Å². The molecule has 4 fully saturated rings. The second-order valence-corrected chi connectivity index (χ2v) is 14.3. The van der Waals surface area contributed by atoms with Gasteiger partial charge in [-0.1, -0.05) is 11.6 Å². The Morgan fingerprint density at radius 1 is 0.771 bits per heavy atom. The van der Waals surface area contributed by atoms with Gasteiger partial charge in [0, 0.05) is 44.8 Å². The molecule has 48 heavy (non-hydrogen) atoms. The zero-order valence-electron chi connectivity index (χ0n) is 25.1. The van der Waals surface area contributed by atoms with Crippen LogP contribution < -0.4 is 9.80 Å². The van der Waals surface area contributed by atoms with E-state index in [2.05, 4.69) is 72.2 Å². The van der Waals surface area contributed by atoms with E-state index in [1.165, 1.54) is 26.6 Å². The van der Waals surface area contributed by atoms with Gasteiger partial charge in [0.05, 0.1) is 69.0 Å². The minimum absolute atomic E-state index is 0.0742. The van der Waals surface area contributed by atoms with Crippen molar-refractivity contribution in [3.63, 3.8) is 0 Å². The number of esters is 2. The standard InChI is InChI=1S/C12H11BrF2N2O2.C11H11BrF2N2O.C7H5BrClNO2/c1-19-11(18)6-2-9(13)10(16-3-6)17-4-7-8(5-17)12(7,14)15;12-9-1-6(5-17)2-15-10(9)16-3-7-8(4-16)11(7,13)14;1-12-7(11)4-2-5(8)6(9)10-3-4/h2-3,7-8H,4-5H2,1H3;1-2,7-8,17H,3-5H2;2-3H,1H3. The fraction of sp³-hybridized carbons (Fsp3) is 0.433. The third kappa shape index (κ3) is 7.44. The Morgan fingerprint density at radius 2 is 1.17 bits per heavy atom. The lowest BCUT2D eigenvalue weighted by atomic mass is 10.3. The van der Waals surface area contributed by atoms with Crippen LogP contribution in [0.4, 0.5) is 29.2 Å². The van der Waals surface area contributed by atoms with Crippen molar-refractivity contribution in [1.29, 1.82) is 0 Å². The lowest BCUT2D eigenvalue weighted by Gasteiger charge is -2.22. The molecule has 0 bridgehead atoms. The molecule has 0 radical (unpaired) electrons. The lowest BCUT2D eigenvalue weighted by molar-refractivity contribution is 0.0591. The molecule has 0 aromatic carbocycles. The van der Waals surface area contributed by atoms with Crippen LogP contribution >= 0.6 is 59.4 Å². The third-order valence-electron chi connectivity index (χ3n) is 8.52. The predicted molar refractivity (Wildman–Crippen MR) is 178 cm³/mol. The summed E-state index contributed by atoms with van der Waals surface area (Å²) in [5.41, 5.74) is 1.40. The number of rotatable bonds is 5. The number of carbonyl (C=O) groups is 2. The minimum atomic E-state index is -2.51. The summed E-state index contributed by atoms with van der Waals surface area (Å²) < 4.78 is 63.4. The molecule has 5 heterocycles. The van der Waals surface area contributed by atoms with Crippen molar-refractivity contribution < 1.29 is 41.7 Å². The number of pyridine rings is 3. The number of hydrogen-bond acceptors (Lipinski definition) is 10. The Labute approximate surface area is 302 Å². The van der Waals surface area contributed by atoms with E-state index >= 15 is 0 Å². The average molecular weight is 889 g/mol. The van der Waals surface area contributed by atoms with Crippen LogP contribution in [0.1, 0.15) is 26.3 Å². The second-order valence-electron chi connectivity index (χ2n) is 11.4. The number of aliphatic hydroxyl groups excluding tert-OH is 1. The van der Waals surface area contributed by atoms with E-state index in [1.807, 2.05) is 9.80 Å². The number of aromatic nitrogens is 3. The van der Waals surface area contributed by atoms with Crippen molar-refractivity contribution in [2.24, 2.45) is 23.7 Å². The number of aliphatic hydroxyl groups is 1. The van der Waals surface area contributed by atoms with E-state index in [0.717, 1.165) is 4.47 Å². The fourth-order valence-electron chi connectivity index (χ4n) is 5.69. The Bertz CT molecular complexity index is 1700. The largest absolute Gasteiger partial charge is 0.465 e. The molecule has 0 spiro atoms. The summed E-state index contributed by atoms with van der Waals surface area (Å²) in [6.07, 6.45) is 4.33. The topological polar surface area (TPSA) is 118 Å². The van der Waals surface area contributed by atoms with Crippen molar-refractivity contribution in [3.8, 4) is 0 Å². The van der Waals surface area contributed by atoms with Gasteiger partial charge in [0.2, 0.25) is 0 Å². The van der Waals surface area contributed by atoms with E-state index in [-0.39, 0.29) is 6.61 Å². The first-order chi connectivity index (χ1) is 22.6. The van der Waals surface area contributed by atoms with Crippen molar-refractivity contribution in [1.82, 2.24) is 15.0 Å². The first kappa shape index (κ1) is 36.7. The Kier molecular flexibility index (Phi) is 10.9. The molecule has 10 nitrogen and oxygen atoms in total. The van der Waals surface area contributed by atoms with Gasteiger partial charge in [0.15, 0.2) is 0 Å². The average Bonchev–Trinajstić information content (AvgIpc) is 3.52. The van der Waals surface area contributed by atoms with Crippen LogP contribution in [-0.2, 0) is 16.1 Å². The summed E-state index contributed by atoms with van der Waals surface area (Å²) in [6.45, 7) is 1.26. The van der Waals surface area contributed by atoms with Crippen LogP contribution in [0.3, 0.4) is 0 Å². The molecule has 2 aliphatic carbocycles. The summed E-state index contributed by atoms with van der Waals surface area (Å²) in [5, 5.41) is 9.28. The number of anilines is 2. The second kappa shape index (κ2) is 14.3. The Morgan fingerprint density at radius 3 is 1.54 bits per heavy atom. The maximum Gasteiger partial charge on any atom is 0.339 e. The van der Waals surface area contributed by atoms with E-state index in [4.69, 9.17) is 16.7 Å². The van der Waals surface area contributed by atoms with Gasteiger partial charge in [-0.15, -0.1) is 0 Å². The van der Waals surface area contributed by atoms with E-state index in [1.54, 1.807) is 24.4 Å². The van der Waals surface area contributed by atoms with Gasteiger partial charge in [-0.05, 0) is 71.6 Å². The number of ether oxygens (including phenoxy) is 2. The number of piperidine rings is 2. The highest BCUT2D eigenvalue weighted by molar-refractivity contribution is 9.11. The number of alkyl halides is 4. The number of hydrogen-bond donors (Lipinski definition) is 1. The number of methoxy groups -OCH3 is 2. The molecule has 7 rings (SSSR count). The summed E-state index contributed by atoms with van der Waals surface area (Å²) >= 11 is 15.4. The molecular weight excluding hydrogens is 862 g/mol. The van der Waals surface area contributed by atoms with E-state index < -0.39 is 47.5 Å². The van der Waals surface area contributed by atoms with Crippen molar-refractivity contribution in [2.75, 3.05) is 50.2 Å². The van der Waals surface area contributed by atoms with Gasteiger partial charge in [-0.25, -0.2) is 42.1 Å². The van der Waals surface area contributed by atoms with Gasteiger partial charge < -0.3 is 24.4 Å². The predicted octanol–water partition coefficient (Wildman–Crippen LogP) is 6.65. The molecule has 2 aliphatic heterocycles. The van der Waals surface area contributed by atoms with Gasteiger partial charge in [-0.2, -0.15) is 0 Å². The molecule has 18 heteroatoms. The van der Waals surface area contributed by atoms with Crippen LogP contribution in [0.2, 0.25) is 5.15 Å². The van der Waals surface area contributed by atoms with Gasteiger partial charge in [0.1, 0.15) is 16.8 Å². The molecule has 3 aromatic rings. The highest BCUT2D eigenvalue weighted by atomic mass is 79.9. The number of carbonyl (C=O) groups excluding carboxylic acids is 2. The van der Waals surface area contributed by atoms with E-state index in [0.29, 0.717) is 68.6 Å². The van der Waals surface area contributed by atoms with Gasteiger partial charge >= 0.3 is 11.9 Å². The quantitative estimate of drug-likeness (QED) is 0.170. The summed E-state index contributed by atoms with van der Waals surface area (Å²) in [5.74, 6) is -6.72. The normalized spacial score (nSPS) is 23.5. The summed E-state index contributed by atoms with van der Waals surface area (Å²) in [6, 6.07) is 4.92. The van der Waals surface area contributed by atoms with Crippen molar-refractivity contribution in [3.05, 3.63) is 72.1 Å². The Balaban J connectivity index is 0.000000145. The van der Waals surface area contributed by atoms with Gasteiger partial charge in [0.25, 0.3) is 11.8 Å². The van der Waals surface area contributed by atoms with Crippen molar-refractivity contribution in [2.45, 2.75) is 18.5 Å². The molecule has 2 saturated carbocycles. The zero-order valence-corrected chi connectivity index (χ0v) is 30.7. The molecule has 2 saturated heterocycles.